The largest absolute Gasteiger partial charge is 0.292 e. The van der Waals surface area contributed by atoms with Crippen LogP contribution in [0.25, 0.3) is 0 Å². The molecule has 2 aromatic rings. The third-order valence-electron chi connectivity index (χ3n) is 2.27. The second-order valence-electron chi connectivity index (χ2n) is 3.59. The summed E-state index contributed by atoms with van der Waals surface area (Å²) in [5.41, 5.74) is 0. The van der Waals surface area contributed by atoms with Gasteiger partial charge in [0.15, 0.2) is 5.78 Å². The molecule has 1 heterocycles. The van der Waals surface area contributed by atoms with E-state index < -0.39 is 10.8 Å². The monoisotopic (exact) mass is 396 g/mol. The molecule has 19 heavy (non-hydrogen) atoms. The van der Waals surface area contributed by atoms with Crippen LogP contribution in [0.4, 0.5) is 0 Å². The van der Waals surface area contributed by atoms with E-state index in [-0.39, 0.29) is 11.5 Å². The van der Waals surface area contributed by atoms with Gasteiger partial charge >= 0.3 is 0 Å². The SMILES string of the molecule is O=C(CS(=O)c1cc(Cl)ccc1Cl)c1sccc1Br. The van der Waals surface area contributed by atoms with E-state index in [0.717, 1.165) is 4.47 Å². The molecule has 0 amide bonds. The van der Waals surface area contributed by atoms with Gasteiger partial charge in [0.05, 0.1) is 31.3 Å². The molecule has 0 radical (unpaired) electrons. The molecule has 2 nitrogen and oxygen atoms in total. The maximum absolute atomic E-state index is 12.2. The summed E-state index contributed by atoms with van der Waals surface area (Å²) in [6, 6.07) is 6.49. The number of benzene rings is 1. The van der Waals surface area contributed by atoms with Crippen molar-refractivity contribution in [1.82, 2.24) is 0 Å². The summed E-state index contributed by atoms with van der Waals surface area (Å²) < 4.78 is 12.9. The Labute approximate surface area is 135 Å². The lowest BCUT2D eigenvalue weighted by Crippen LogP contribution is -2.10. The standard InChI is InChI=1S/C12H7BrCl2O2S2/c13-8-3-4-18-12(8)10(16)6-19(17)11-5-7(14)1-2-9(11)15/h1-5H,6H2. The van der Waals surface area contributed by atoms with Crippen molar-refractivity contribution in [3.8, 4) is 0 Å². The van der Waals surface area contributed by atoms with E-state index in [0.29, 0.717) is 19.8 Å². The minimum atomic E-state index is -1.51. The van der Waals surface area contributed by atoms with E-state index in [2.05, 4.69) is 15.9 Å². The first-order valence-corrected chi connectivity index (χ1v) is 8.83. The van der Waals surface area contributed by atoms with E-state index in [1.165, 1.54) is 17.4 Å². The van der Waals surface area contributed by atoms with Crippen LogP contribution in [0, 0.1) is 0 Å². The van der Waals surface area contributed by atoms with Crippen molar-refractivity contribution in [2.45, 2.75) is 4.90 Å². The maximum atomic E-state index is 12.2. The van der Waals surface area contributed by atoms with Gasteiger partial charge in [-0.05, 0) is 45.6 Å². The van der Waals surface area contributed by atoms with Gasteiger partial charge in [-0.1, -0.05) is 23.2 Å². The van der Waals surface area contributed by atoms with Crippen LogP contribution >= 0.6 is 50.5 Å². The molecule has 100 valence electrons. The molecule has 0 aliphatic rings. The Kier molecular flexibility index (Phi) is 5.20. The van der Waals surface area contributed by atoms with Gasteiger partial charge in [-0.25, -0.2) is 0 Å². The fourth-order valence-electron chi connectivity index (χ4n) is 1.41. The molecular weight excluding hydrogens is 391 g/mol. The van der Waals surface area contributed by atoms with Gasteiger partial charge in [0.25, 0.3) is 0 Å². The summed E-state index contributed by atoms with van der Waals surface area (Å²) in [5.74, 6) is -0.296. The lowest BCUT2D eigenvalue weighted by molar-refractivity contribution is 0.102. The molecule has 0 spiro atoms. The quantitative estimate of drug-likeness (QED) is 0.693. The lowest BCUT2D eigenvalue weighted by atomic mass is 10.3. The highest BCUT2D eigenvalue weighted by molar-refractivity contribution is 9.10. The van der Waals surface area contributed by atoms with Crippen LogP contribution in [-0.2, 0) is 10.8 Å². The van der Waals surface area contributed by atoms with Crippen LogP contribution in [0.1, 0.15) is 9.67 Å². The highest BCUT2D eigenvalue weighted by atomic mass is 79.9. The third-order valence-corrected chi connectivity index (χ3v) is 6.18. The number of hydrogen-bond donors (Lipinski definition) is 0. The summed E-state index contributed by atoms with van der Waals surface area (Å²) >= 11 is 16.4. The first kappa shape index (κ1) is 15.2. The molecule has 1 aromatic carbocycles. The summed E-state index contributed by atoms with van der Waals surface area (Å²) in [6.45, 7) is 0. The molecule has 0 saturated heterocycles. The molecule has 0 N–H and O–H groups in total. The second-order valence-corrected chi connectivity index (χ2v) is 7.62. The number of thiophene rings is 1. The van der Waals surface area contributed by atoms with Gasteiger partial charge in [-0.15, -0.1) is 11.3 Å². The number of hydrogen-bond acceptors (Lipinski definition) is 3. The van der Waals surface area contributed by atoms with Crippen LogP contribution < -0.4 is 0 Å². The molecule has 2 rings (SSSR count). The van der Waals surface area contributed by atoms with Gasteiger partial charge in [0, 0.05) is 9.50 Å². The molecule has 0 fully saturated rings. The maximum Gasteiger partial charge on any atom is 0.186 e. The first-order valence-electron chi connectivity index (χ1n) is 5.08. The molecule has 7 heteroatoms. The highest BCUT2D eigenvalue weighted by Crippen LogP contribution is 2.26. The van der Waals surface area contributed by atoms with Crippen LogP contribution in [0.5, 0.6) is 0 Å². The topological polar surface area (TPSA) is 34.1 Å². The Morgan fingerprint density at radius 1 is 1.32 bits per heavy atom. The molecule has 0 aliphatic carbocycles. The normalized spacial score (nSPS) is 12.4. The zero-order valence-corrected chi connectivity index (χ0v) is 14.1. The highest BCUT2D eigenvalue weighted by Gasteiger charge is 2.18. The van der Waals surface area contributed by atoms with Crippen molar-refractivity contribution in [1.29, 1.82) is 0 Å². The van der Waals surface area contributed by atoms with Gasteiger partial charge < -0.3 is 0 Å². The fourth-order valence-corrected chi connectivity index (χ4v) is 4.73. The predicted octanol–water partition coefficient (Wildman–Crippen LogP) is 4.81. The Morgan fingerprint density at radius 3 is 2.68 bits per heavy atom. The second kappa shape index (κ2) is 6.50. The van der Waals surface area contributed by atoms with Crippen LogP contribution in [0.15, 0.2) is 39.0 Å². The zero-order valence-electron chi connectivity index (χ0n) is 9.36. The van der Waals surface area contributed by atoms with Crippen molar-refractivity contribution in [3.63, 3.8) is 0 Å². The Balaban J connectivity index is 2.20. The van der Waals surface area contributed by atoms with Crippen LogP contribution in [-0.4, -0.2) is 15.7 Å². The van der Waals surface area contributed by atoms with Gasteiger partial charge in [0.2, 0.25) is 0 Å². The minimum absolute atomic E-state index is 0.112. The molecule has 1 unspecified atom stereocenters. The molecule has 1 atom stereocenters. The fraction of sp³-hybridized carbons (Fsp3) is 0.0833. The van der Waals surface area contributed by atoms with Crippen molar-refractivity contribution >= 4 is 67.1 Å². The first-order chi connectivity index (χ1) is 8.99. The van der Waals surface area contributed by atoms with Crippen LogP contribution in [0.2, 0.25) is 10.0 Å². The van der Waals surface area contributed by atoms with E-state index in [9.17, 15) is 9.00 Å². The Bertz CT molecular complexity index is 655. The van der Waals surface area contributed by atoms with E-state index in [1.54, 1.807) is 23.6 Å². The smallest absolute Gasteiger partial charge is 0.186 e. The molecule has 0 saturated carbocycles. The van der Waals surface area contributed by atoms with Gasteiger partial charge in [-0.2, -0.15) is 0 Å². The van der Waals surface area contributed by atoms with Gasteiger partial charge in [0.1, 0.15) is 0 Å². The molecule has 0 aliphatic heterocycles. The summed E-state index contributed by atoms with van der Waals surface area (Å²) in [7, 11) is -1.51. The Hall–Kier alpha value is -0.200. The van der Waals surface area contributed by atoms with E-state index in [4.69, 9.17) is 23.2 Å². The minimum Gasteiger partial charge on any atom is -0.292 e. The van der Waals surface area contributed by atoms with E-state index >= 15 is 0 Å². The predicted molar refractivity (Wildman–Crippen MR) is 84.1 cm³/mol. The van der Waals surface area contributed by atoms with Crippen molar-refractivity contribution in [3.05, 3.63) is 49.0 Å². The van der Waals surface area contributed by atoms with Gasteiger partial charge in [-0.3, -0.25) is 9.00 Å². The van der Waals surface area contributed by atoms with Crippen molar-refractivity contribution < 1.29 is 9.00 Å². The lowest BCUT2D eigenvalue weighted by Gasteiger charge is -2.04. The number of ketones is 1. The Morgan fingerprint density at radius 2 is 2.05 bits per heavy atom. The number of carbonyl (C=O) groups is 1. The zero-order chi connectivity index (χ0) is 14.0. The molecule has 1 aromatic heterocycles. The number of carbonyl (C=O) groups excluding carboxylic acids is 1. The summed E-state index contributed by atoms with van der Waals surface area (Å²) in [4.78, 5) is 13.0. The molecule has 0 bridgehead atoms. The van der Waals surface area contributed by atoms with Crippen LogP contribution in [0.3, 0.4) is 0 Å². The summed E-state index contributed by atoms with van der Waals surface area (Å²) in [6.07, 6.45) is 0. The third kappa shape index (κ3) is 3.67. The molecular formula is C12H7BrCl2O2S2. The average molecular weight is 398 g/mol. The van der Waals surface area contributed by atoms with Crippen molar-refractivity contribution in [2.24, 2.45) is 0 Å². The number of rotatable bonds is 4. The number of halogens is 3. The average Bonchev–Trinajstić information content (AvgIpc) is 2.78. The van der Waals surface area contributed by atoms with E-state index in [1.807, 2.05) is 0 Å². The number of Topliss-reactive ketones (excluding diaryl/α,β-unsaturated/α-hetero) is 1. The van der Waals surface area contributed by atoms with Crippen molar-refractivity contribution in [2.75, 3.05) is 5.75 Å². The summed E-state index contributed by atoms with van der Waals surface area (Å²) in [5, 5.41) is 2.59.